The molecule has 0 bridgehead atoms. The molecule has 0 saturated carbocycles. The predicted molar refractivity (Wildman–Crippen MR) is 94.5 cm³/mol. The minimum atomic E-state index is -0.407. The van der Waals surface area contributed by atoms with Crippen molar-refractivity contribution in [3.8, 4) is 0 Å². The van der Waals surface area contributed by atoms with E-state index < -0.39 is 6.09 Å². The van der Waals surface area contributed by atoms with Crippen LogP contribution in [0.15, 0.2) is 6.20 Å². The summed E-state index contributed by atoms with van der Waals surface area (Å²) in [6.45, 7) is 11.7. The molecule has 0 spiro atoms. The minimum Gasteiger partial charge on any atom is -0.453 e. The Morgan fingerprint density at radius 3 is 2.25 bits per heavy atom. The first kappa shape index (κ1) is 21.9. The Kier molecular flexibility index (Phi) is 10.5. The number of hydrogen-bond donors (Lipinski definition) is 2. The third-order valence-corrected chi connectivity index (χ3v) is 3.01. The van der Waals surface area contributed by atoms with Gasteiger partial charge in [0.1, 0.15) is 5.82 Å². The van der Waals surface area contributed by atoms with E-state index in [1.54, 1.807) is 6.20 Å². The Bertz CT molecular complexity index is 492. The van der Waals surface area contributed by atoms with Gasteiger partial charge in [-0.25, -0.2) is 9.78 Å². The van der Waals surface area contributed by atoms with Crippen LogP contribution >= 0.6 is 0 Å². The van der Waals surface area contributed by atoms with Crippen molar-refractivity contribution in [2.45, 2.75) is 47.6 Å². The zero-order chi connectivity index (χ0) is 18.7. The highest BCUT2D eigenvalue weighted by molar-refractivity contribution is 5.76. The normalized spacial score (nSPS) is 10.2. The fourth-order valence-electron chi connectivity index (χ4n) is 2.00. The topological polar surface area (TPSA) is 87.3 Å². The van der Waals surface area contributed by atoms with Gasteiger partial charge in [0.05, 0.1) is 13.7 Å². The van der Waals surface area contributed by atoms with Crippen LogP contribution in [-0.2, 0) is 16.1 Å². The van der Waals surface area contributed by atoms with Gasteiger partial charge in [-0.05, 0) is 18.8 Å². The number of H-pyrrole nitrogens is 1. The quantitative estimate of drug-likeness (QED) is 0.833. The summed E-state index contributed by atoms with van der Waals surface area (Å²) in [6, 6.07) is 0. The number of aryl methyl sites for hydroxylation is 1. The molecule has 138 valence electrons. The average molecular weight is 340 g/mol. The summed E-state index contributed by atoms with van der Waals surface area (Å²) in [5.74, 6) is 1.95. The molecule has 0 aliphatic rings. The van der Waals surface area contributed by atoms with Crippen LogP contribution in [0.2, 0.25) is 0 Å². The van der Waals surface area contributed by atoms with Crippen molar-refractivity contribution in [1.82, 2.24) is 20.2 Å². The lowest BCUT2D eigenvalue weighted by Gasteiger charge is -2.24. The Morgan fingerprint density at radius 1 is 1.29 bits per heavy atom. The molecule has 1 aromatic heterocycles. The molecule has 0 aliphatic carbocycles. The number of carbonyl (C=O) groups excluding carboxylic acids is 2. The van der Waals surface area contributed by atoms with Gasteiger partial charge < -0.3 is 19.9 Å². The molecule has 7 nitrogen and oxygen atoms in total. The van der Waals surface area contributed by atoms with E-state index in [-0.39, 0.29) is 5.91 Å². The number of nitrogens with zero attached hydrogens (tertiary/aromatic N) is 2. The van der Waals surface area contributed by atoms with Gasteiger partial charge >= 0.3 is 6.09 Å². The van der Waals surface area contributed by atoms with Crippen molar-refractivity contribution in [2.75, 3.05) is 20.7 Å². The molecule has 2 N–H and O–H groups in total. The Labute approximate surface area is 145 Å². The van der Waals surface area contributed by atoms with Gasteiger partial charge in [-0.2, -0.15) is 0 Å². The van der Waals surface area contributed by atoms with Gasteiger partial charge in [0.25, 0.3) is 0 Å². The molecule has 0 aliphatic heterocycles. The van der Waals surface area contributed by atoms with Crippen molar-refractivity contribution >= 4 is 12.0 Å². The summed E-state index contributed by atoms with van der Waals surface area (Å²) in [6.07, 6.45) is 2.00. The Hall–Kier alpha value is -2.05. The highest BCUT2D eigenvalue weighted by atomic mass is 16.5. The van der Waals surface area contributed by atoms with Crippen molar-refractivity contribution in [1.29, 1.82) is 0 Å². The number of methoxy groups -OCH3 is 1. The molecule has 0 unspecified atom stereocenters. The maximum atomic E-state index is 12.2. The molecule has 0 aromatic carbocycles. The number of alkyl carbamates (subject to hydrolysis) is 1. The molecular formula is C17H32N4O3. The first-order valence-electron chi connectivity index (χ1n) is 8.23. The second-order valence-electron chi connectivity index (χ2n) is 6.52. The third kappa shape index (κ3) is 9.86. The van der Waals surface area contributed by atoms with E-state index in [9.17, 15) is 9.59 Å². The zero-order valence-corrected chi connectivity index (χ0v) is 16.0. The number of nitrogens with one attached hydrogen (secondary N) is 2. The van der Waals surface area contributed by atoms with Crippen LogP contribution in [0.3, 0.4) is 0 Å². The second-order valence-corrected chi connectivity index (χ2v) is 6.52. The van der Waals surface area contributed by atoms with Crippen molar-refractivity contribution < 1.29 is 14.3 Å². The molecular weight excluding hydrogens is 308 g/mol. The lowest BCUT2D eigenvalue weighted by molar-refractivity contribution is -0.133. The number of amides is 2. The van der Waals surface area contributed by atoms with Crippen LogP contribution in [0, 0.1) is 18.8 Å². The fraction of sp³-hybridized carbons (Fsp3) is 0.706. The van der Waals surface area contributed by atoms with Gasteiger partial charge in [0.15, 0.2) is 0 Å². The van der Waals surface area contributed by atoms with E-state index in [1.165, 1.54) is 14.2 Å². The molecule has 0 fully saturated rings. The zero-order valence-electron chi connectivity index (χ0n) is 16.0. The Morgan fingerprint density at radius 2 is 1.92 bits per heavy atom. The highest BCUT2D eigenvalue weighted by Crippen LogP contribution is 2.10. The van der Waals surface area contributed by atoms with Gasteiger partial charge in [-0.3, -0.25) is 4.79 Å². The van der Waals surface area contributed by atoms with Crippen LogP contribution in [0.1, 0.15) is 45.6 Å². The van der Waals surface area contributed by atoms with Crippen LogP contribution in [0.25, 0.3) is 0 Å². The van der Waals surface area contributed by atoms with Crippen LogP contribution in [0.4, 0.5) is 4.79 Å². The predicted octanol–water partition coefficient (Wildman–Crippen LogP) is 2.72. The summed E-state index contributed by atoms with van der Waals surface area (Å²) in [7, 11) is 2.82. The summed E-state index contributed by atoms with van der Waals surface area (Å²) >= 11 is 0. The monoisotopic (exact) mass is 340 g/mol. The number of ether oxygens (including phenoxy) is 1. The van der Waals surface area contributed by atoms with Crippen LogP contribution in [0.5, 0.6) is 0 Å². The minimum absolute atomic E-state index is 0.216. The van der Waals surface area contributed by atoms with E-state index in [1.807, 2.05) is 11.8 Å². The van der Waals surface area contributed by atoms with E-state index >= 15 is 0 Å². The molecule has 1 aromatic rings. The summed E-state index contributed by atoms with van der Waals surface area (Å²) in [5, 5.41) is 2.25. The van der Waals surface area contributed by atoms with E-state index in [0.717, 1.165) is 18.1 Å². The third-order valence-electron chi connectivity index (χ3n) is 3.01. The summed E-state index contributed by atoms with van der Waals surface area (Å²) < 4.78 is 4.15. The number of aromatic nitrogens is 2. The number of hydrogen-bond acceptors (Lipinski definition) is 4. The highest BCUT2D eigenvalue weighted by Gasteiger charge is 2.17. The number of imidazole rings is 1. The van der Waals surface area contributed by atoms with Gasteiger partial charge in [0.2, 0.25) is 5.91 Å². The number of carbonyl (C=O) groups is 2. The Balaban J connectivity index is 0.000000754. The molecule has 2 amide bonds. The van der Waals surface area contributed by atoms with Gasteiger partial charge in [0, 0.05) is 31.9 Å². The lowest BCUT2D eigenvalue weighted by Crippen LogP contribution is -2.34. The fourth-order valence-corrected chi connectivity index (χ4v) is 2.00. The number of aromatic amines is 1. The van der Waals surface area contributed by atoms with Crippen molar-refractivity contribution in [3.05, 3.63) is 17.7 Å². The molecule has 0 atom stereocenters. The van der Waals surface area contributed by atoms with Crippen molar-refractivity contribution in [2.24, 2.45) is 11.8 Å². The smallest absolute Gasteiger partial charge is 0.406 e. The molecule has 7 heteroatoms. The van der Waals surface area contributed by atoms with E-state index in [2.05, 4.69) is 47.7 Å². The maximum Gasteiger partial charge on any atom is 0.406 e. The second kappa shape index (κ2) is 11.5. The maximum absolute atomic E-state index is 12.2. The molecule has 1 rings (SSSR count). The molecule has 0 radical (unpaired) electrons. The van der Waals surface area contributed by atoms with Crippen LogP contribution in [-0.4, -0.2) is 47.6 Å². The molecule has 1 heterocycles. The van der Waals surface area contributed by atoms with Crippen LogP contribution < -0.4 is 5.32 Å². The average Bonchev–Trinajstić information content (AvgIpc) is 2.90. The standard InChI is InChI=1S/C14H25N3O.C3H7NO2/c1-10(2)6-14(18)17(8-11(3)4)9-13-15-7-12(5)16-13;1-4-3(5)6-2/h7,10-11H,6,8-9H2,1-5H3,(H,15,16);1-2H3,(H,4,5). The SMILES string of the molecule is CNC(=O)OC.Cc1cnc(CN(CC(C)C)C(=O)CC(C)C)[nH]1. The van der Waals surface area contributed by atoms with E-state index in [0.29, 0.717) is 24.8 Å². The van der Waals surface area contributed by atoms with E-state index in [4.69, 9.17) is 0 Å². The first-order chi connectivity index (χ1) is 11.2. The molecule has 24 heavy (non-hydrogen) atoms. The molecule has 0 saturated heterocycles. The first-order valence-corrected chi connectivity index (χ1v) is 8.23. The number of rotatable bonds is 6. The summed E-state index contributed by atoms with van der Waals surface area (Å²) in [4.78, 5) is 31.4. The van der Waals surface area contributed by atoms with Gasteiger partial charge in [-0.15, -0.1) is 0 Å². The largest absolute Gasteiger partial charge is 0.453 e. The van der Waals surface area contributed by atoms with Gasteiger partial charge in [-0.1, -0.05) is 27.7 Å². The summed E-state index contributed by atoms with van der Waals surface area (Å²) in [5.41, 5.74) is 1.03. The lowest BCUT2D eigenvalue weighted by atomic mass is 10.1. The van der Waals surface area contributed by atoms with Crippen molar-refractivity contribution in [3.63, 3.8) is 0 Å².